The van der Waals surface area contributed by atoms with Crippen LogP contribution in [-0.2, 0) is 16.1 Å². The number of hydrogen-bond acceptors (Lipinski definition) is 4. The van der Waals surface area contributed by atoms with Gasteiger partial charge in [-0.15, -0.1) is 0 Å². The molecule has 1 aliphatic heterocycles. The number of carbonyl (C=O) groups excluding carboxylic acids is 3. The maximum atomic E-state index is 11.7. The van der Waals surface area contributed by atoms with Crippen molar-refractivity contribution in [2.45, 2.75) is 38.4 Å². The molecule has 0 bridgehead atoms. The zero-order valence-corrected chi connectivity index (χ0v) is 11.1. The molecule has 0 unspecified atom stereocenters. The number of urea groups is 1. The molecule has 20 heavy (non-hydrogen) atoms. The number of amides is 4. The summed E-state index contributed by atoms with van der Waals surface area (Å²) < 4.78 is 1.73. The first-order chi connectivity index (χ1) is 9.54. The average Bonchev–Trinajstić information content (AvgIpc) is 2.96. The molecule has 1 aromatic rings. The molecule has 2 heterocycles. The number of carbonyl (C=O) groups is 3. The lowest BCUT2D eigenvalue weighted by Crippen LogP contribution is -2.37. The van der Waals surface area contributed by atoms with Crippen LogP contribution in [0.4, 0.5) is 4.79 Å². The Morgan fingerprint density at radius 2 is 2.35 bits per heavy atom. The molecule has 2 atom stereocenters. The van der Waals surface area contributed by atoms with E-state index in [9.17, 15) is 14.4 Å². The van der Waals surface area contributed by atoms with E-state index in [0.29, 0.717) is 6.54 Å². The highest BCUT2D eigenvalue weighted by atomic mass is 16.2. The van der Waals surface area contributed by atoms with Gasteiger partial charge in [-0.3, -0.25) is 19.6 Å². The summed E-state index contributed by atoms with van der Waals surface area (Å²) in [5.41, 5.74) is 0. The fraction of sp³-hybridized carbons (Fsp3) is 0.500. The second-order valence-corrected chi connectivity index (χ2v) is 4.75. The van der Waals surface area contributed by atoms with Crippen molar-refractivity contribution in [1.82, 2.24) is 25.7 Å². The molecule has 0 aromatic carbocycles. The van der Waals surface area contributed by atoms with Crippen LogP contribution in [0.5, 0.6) is 0 Å². The van der Waals surface area contributed by atoms with Crippen LogP contribution in [0, 0.1) is 0 Å². The highest BCUT2D eigenvalue weighted by Crippen LogP contribution is 2.03. The van der Waals surface area contributed by atoms with Gasteiger partial charge in [-0.1, -0.05) is 0 Å². The fourth-order valence-corrected chi connectivity index (χ4v) is 2.02. The van der Waals surface area contributed by atoms with Crippen molar-refractivity contribution in [2.75, 3.05) is 0 Å². The summed E-state index contributed by atoms with van der Waals surface area (Å²) in [5, 5.41) is 11.5. The van der Waals surface area contributed by atoms with Crippen LogP contribution < -0.4 is 16.0 Å². The normalized spacial score (nSPS) is 19.4. The number of nitrogens with one attached hydrogen (secondary N) is 3. The number of hydrogen-bond donors (Lipinski definition) is 3. The monoisotopic (exact) mass is 279 g/mol. The minimum absolute atomic E-state index is 0.0607. The standard InChI is InChI=1S/C12H17N5O3/c1-8(7-17-6-2-5-13-17)14-10(18)4-3-9-11(19)16-12(20)15-9/h2,5-6,8-9H,3-4,7H2,1H3,(H,14,18)(H2,15,16,19,20)/t8-,9-/m0/s1. The van der Waals surface area contributed by atoms with Gasteiger partial charge in [0.25, 0.3) is 5.91 Å². The summed E-state index contributed by atoms with van der Waals surface area (Å²) in [6.07, 6.45) is 3.97. The quantitative estimate of drug-likeness (QED) is 0.603. The molecule has 1 aliphatic rings. The smallest absolute Gasteiger partial charge is 0.322 e. The van der Waals surface area contributed by atoms with Gasteiger partial charge in [0.05, 0.1) is 6.54 Å². The Kier molecular flexibility index (Phi) is 4.34. The van der Waals surface area contributed by atoms with Crippen molar-refractivity contribution in [1.29, 1.82) is 0 Å². The molecule has 1 saturated heterocycles. The molecule has 108 valence electrons. The third-order valence-corrected chi connectivity index (χ3v) is 2.95. The predicted octanol–water partition coefficient (Wildman–Crippen LogP) is -0.624. The fourth-order valence-electron chi connectivity index (χ4n) is 2.02. The van der Waals surface area contributed by atoms with Crippen molar-refractivity contribution >= 4 is 17.8 Å². The lowest BCUT2D eigenvalue weighted by atomic mass is 10.1. The van der Waals surface area contributed by atoms with Gasteiger partial charge < -0.3 is 10.6 Å². The van der Waals surface area contributed by atoms with Crippen LogP contribution in [0.2, 0.25) is 0 Å². The van der Waals surface area contributed by atoms with Gasteiger partial charge in [0, 0.05) is 24.9 Å². The number of imide groups is 1. The first-order valence-electron chi connectivity index (χ1n) is 6.43. The number of nitrogens with zero attached hydrogens (tertiary/aromatic N) is 2. The molecule has 0 radical (unpaired) electrons. The van der Waals surface area contributed by atoms with Gasteiger partial charge in [0.1, 0.15) is 6.04 Å². The second-order valence-electron chi connectivity index (χ2n) is 4.75. The second kappa shape index (κ2) is 6.18. The van der Waals surface area contributed by atoms with Gasteiger partial charge >= 0.3 is 6.03 Å². The third-order valence-electron chi connectivity index (χ3n) is 2.95. The van der Waals surface area contributed by atoms with Gasteiger partial charge in [-0.05, 0) is 19.4 Å². The topological polar surface area (TPSA) is 105 Å². The average molecular weight is 279 g/mol. The van der Waals surface area contributed by atoms with Crippen LogP contribution in [0.3, 0.4) is 0 Å². The zero-order valence-electron chi connectivity index (χ0n) is 11.1. The Labute approximate surface area is 115 Å². The third kappa shape index (κ3) is 3.81. The van der Waals surface area contributed by atoms with Crippen LogP contribution in [0.15, 0.2) is 18.5 Å². The van der Waals surface area contributed by atoms with Crippen molar-refractivity contribution in [3.63, 3.8) is 0 Å². The summed E-state index contributed by atoms with van der Waals surface area (Å²) in [5.74, 6) is -0.536. The maximum absolute atomic E-state index is 11.7. The van der Waals surface area contributed by atoms with Crippen LogP contribution in [-0.4, -0.2) is 39.7 Å². The lowest BCUT2D eigenvalue weighted by molar-refractivity contribution is -0.122. The summed E-state index contributed by atoms with van der Waals surface area (Å²) in [7, 11) is 0. The Morgan fingerprint density at radius 1 is 1.55 bits per heavy atom. The molecular weight excluding hydrogens is 262 g/mol. The van der Waals surface area contributed by atoms with Crippen molar-refractivity contribution in [3.05, 3.63) is 18.5 Å². The summed E-state index contributed by atoms with van der Waals surface area (Å²) >= 11 is 0. The zero-order chi connectivity index (χ0) is 14.5. The molecule has 8 nitrogen and oxygen atoms in total. The Balaban J connectivity index is 1.70. The molecule has 8 heteroatoms. The van der Waals surface area contributed by atoms with Crippen molar-refractivity contribution < 1.29 is 14.4 Å². The molecule has 0 saturated carbocycles. The van der Waals surface area contributed by atoms with Crippen molar-refractivity contribution in [2.24, 2.45) is 0 Å². The molecular formula is C12H17N5O3. The number of aromatic nitrogens is 2. The molecule has 1 aromatic heterocycles. The van der Waals surface area contributed by atoms with E-state index in [1.165, 1.54) is 0 Å². The van der Waals surface area contributed by atoms with E-state index in [4.69, 9.17) is 0 Å². The Morgan fingerprint density at radius 3 is 2.95 bits per heavy atom. The predicted molar refractivity (Wildman–Crippen MR) is 69.5 cm³/mol. The summed E-state index contributed by atoms with van der Waals surface area (Å²) in [4.78, 5) is 33.9. The first-order valence-corrected chi connectivity index (χ1v) is 6.43. The highest BCUT2D eigenvalue weighted by molar-refractivity contribution is 6.04. The maximum Gasteiger partial charge on any atom is 0.322 e. The number of rotatable bonds is 6. The van der Waals surface area contributed by atoms with Crippen LogP contribution >= 0.6 is 0 Å². The van der Waals surface area contributed by atoms with E-state index in [1.54, 1.807) is 10.9 Å². The van der Waals surface area contributed by atoms with Crippen LogP contribution in [0.1, 0.15) is 19.8 Å². The van der Waals surface area contributed by atoms with E-state index >= 15 is 0 Å². The van der Waals surface area contributed by atoms with E-state index in [-0.39, 0.29) is 30.7 Å². The van der Waals surface area contributed by atoms with Gasteiger partial charge in [0.15, 0.2) is 0 Å². The lowest BCUT2D eigenvalue weighted by Gasteiger charge is -2.14. The molecule has 4 amide bonds. The largest absolute Gasteiger partial charge is 0.352 e. The Hall–Kier alpha value is -2.38. The minimum Gasteiger partial charge on any atom is -0.352 e. The van der Waals surface area contributed by atoms with Crippen LogP contribution in [0.25, 0.3) is 0 Å². The van der Waals surface area contributed by atoms with Gasteiger partial charge in [-0.25, -0.2) is 4.79 Å². The van der Waals surface area contributed by atoms with E-state index < -0.39 is 12.1 Å². The molecule has 3 N–H and O–H groups in total. The molecule has 0 aliphatic carbocycles. The van der Waals surface area contributed by atoms with Crippen molar-refractivity contribution in [3.8, 4) is 0 Å². The summed E-state index contributed by atoms with van der Waals surface area (Å²) in [6.45, 7) is 2.46. The van der Waals surface area contributed by atoms with Gasteiger partial charge in [0.2, 0.25) is 5.91 Å². The molecule has 0 spiro atoms. The minimum atomic E-state index is -0.616. The molecule has 2 rings (SSSR count). The van der Waals surface area contributed by atoms with Gasteiger partial charge in [-0.2, -0.15) is 5.10 Å². The van der Waals surface area contributed by atoms with E-state index in [1.807, 2.05) is 19.2 Å². The van der Waals surface area contributed by atoms with E-state index in [0.717, 1.165) is 0 Å². The molecule has 1 fully saturated rings. The Bertz CT molecular complexity index is 499. The first kappa shape index (κ1) is 14.0. The van der Waals surface area contributed by atoms with E-state index in [2.05, 4.69) is 21.0 Å². The SMILES string of the molecule is C[C@@H](Cn1cccn1)NC(=O)CC[C@@H]1NC(=O)NC1=O. The highest BCUT2D eigenvalue weighted by Gasteiger charge is 2.29. The summed E-state index contributed by atoms with van der Waals surface area (Å²) in [6, 6.07) is 0.632.